The van der Waals surface area contributed by atoms with Gasteiger partial charge in [-0.3, -0.25) is 14.4 Å². The lowest BCUT2D eigenvalue weighted by molar-refractivity contribution is 0.00566. The molecule has 1 aliphatic heterocycles. The van der Waals surface area contributed by atoms with E-state index in [4.69, 9.17) is 9.47 Å². The molecular weight excluding hydrogens is 553 g/mol. The number of fused-ring (bicyclic) bond motifs is 2. The number of aromatic nitrogens is 4. The monoisotopic (exact) mass is 589 g/mol. The predicted molar refractivity (Wildman–Crippen MR) is 161 cm³/mol. The van der Waals surface area contributed by atoms with Crippen molar-refractivity contribution in [2.45, 2.75) is 71.2 Å². The van der Waals surface area contributed by atoms with E-state index in [0.717, 1.165) is 18.5 Å². The molecule has 2 aliphatic rings. The van der Waals surface area contributed by atoms with Crippen LogP contribution in [0.4, 0.5) is 20.6 Å². The van der Waals surface area contributed by atoms with Crippen molar-refractivity contribution in [2.75, 3.05) is 23.3 Å². The molecule has 0 bridgehead atoms. The van der Waals surface area contributed by atoms with E-state index >= 15 is 0 Å². The molecule has 11 nitrogen and oxygen atoms in total. The van der Waals surface area contributed by atoms with Crippen LogP contribution in [0.3, 0.4) is 0 Å². The Labute approximate surface area is 249 Å². The Hall–Kier alpha value is -4.48. The van der Waals surface area contributed by atoms with Gasteiger partial charge in [0.2, 0.25) is 0 Å². The zero-order chi connectivity index (χ0) is 30.6. The SMILES string of the molecule is C[C@@H]1CN(c2ccc(C(=O)Nc3cc(F)c4nn(C)cc4c3)c3nc(OC4CC4)ncc23)C[C@H](C)N1C(=O)OC(C)(C)C. The third-order valence-corrected chi connectivity index (χ3v) is 7.55. The van der Waals surface area contributed by atoms with Crippen molar-refractivity contribution in [3.05, 3.63) is 48.0 Å². The summed E-state index contributed by atoms with van der Waals surface area (Å²) in [5.74, 6) is -0.962. The molecule has 2 atom stereocenters. The number of ether oxygens (including phenoxy) is 2. The number of carbonyl (C=O) groups excluding carboxylic acids is 2. The Morgan fingerprint density at radius 2 is 1.79 bits per heavy atom. The highest BCUT2D eigenvalue weighted by atomic mass is 19.1. The van der Waals surface area contributed by atoms with Crippen molar-refractivity contribution in [1.29, 1.82) is 0 Å². The maximum atomic E-state index is 14.7. The Balaban J connectivity index is 1.32. The van der Waals surface area contributed by atoms with E-state index in [1.807, 2.05) is 40.7 Å². The number of amides is 2. The minimum Gasteiger partial charge on any atom is -0.460 e. The molecule has 226 valence electrons. The van der Waals surface area contributed by atoms with Gasteiger partial charge in [0, 0.05) is 54.7 Å². The molecule has 1 saturated heterocycles. The van der Waals surface area contributed by atoms with Crippen LogP contribution in [0, 0.1) is 5.82 Å². The zero-order valence-corrected chi connectivity index (χ0v) is 25.2. The molecule has 2 aromatic heterocycles. The Kier molecular flexibility index (Phi) is 7.10. The van der Waals surface area contributed by atoms with Gasteiger partial charge < -0.3 is 19.7 Å². The Morgan fingerprint density at radius 3 is 2.47 bits per heavy atom. The number of halogens is 1. The summed E-state index contributed by atoms with van der Waals surface area (Å²) in [5, 5.41) is 8.21. The van der Waals surface area contributed by atoms with Crippen molar-refractivity contribution in [3.8, 4) is 6.01 Å². The highest BCUT2D eigenvalue weighted by Crippen LogP contribution is 2.34. The van der Waals surface area contributed by atoms with E-state index in [1.54, 1.807) is 36.5 Å². The molecule has 4 aromatic rings. The smallest absolute Gasteiger partial charge is 0.410 e. The third kappa shape index (κ3) is 5.91. The maximum absolute atomic E-state index is 14.7. The van der Waals surface area contributed by atoms with Gasteiger partial charge in [-0.15, -0.1) is 0 Å². The average Bonchev–Trinajstić information content (AvgIpc) is 3.64. The van der Waals surface area contributed by atoms with E-state index < -0.39 is 17.3 Å². The van der Waals surface area contributed by atoms with E-state index in [1.165, 1.54) is 10.7 Å². The number of nitrogens with one attached hydrogen (secondary N) is 1. The number of carbonyl (C=O) groups is 2. The van der Waals surface area contributed by atoms with Crippen LogP contribution in [-0.4, -0.2) is 73.5 Å². The summed E-state index contributed by atoms with van der Waals surface area (Å²) in [6.45, 7) is 10.7. The van der Waals surface area contributed by atoms with E-state index in [-0.39, 0.29) is 35.8 Å². The number of aryl methyl sites for hydroxylation is 1. The largest absolute Gasteiger partial charge is 0.460 e. The number of hydrogen-bond acceptors (Lipinski definition) is 8. The normalized spacial score (nSPS) is 19.1. The lowest BCUT2D eigenvalue weighted by Crippen LogP contribution is -2.59. The molecule has 2 amide bonds. The molecule has 6 rings (SSSR count). The first-order chi connectivity index (χ1) is 20.4. The van der Waals surface area contributed by atoms with E-state index in [9.17, 15) is 14.0 Å². The zero-order valence-electron chi connectivity index (χ0n) is 25.2. The van der Waals surface area contributed by atoms with Crippen molar-refractivity contribution in [2.24, 2.45) is 7.05 Å². The lowest BCUT2D eigenvalue weighted by atomic mass is 10.0. The number of hydrogen-bond donors (Lipinski definition) is 1. The molecule has 0 spiro atoms. The number of rotatable bonds is 5. The van der Waals surface area contributed by atoms with Gasteiger partial charge in [-0.1, -0.05) is 0 Å². The minimum absolute atomic E-state index is 0.0784. The number of nitrogens with zero attached hydrogens (tertiary/aromatic N) is 6. The maximum Gasteiger partial charge on any atom is 0.410 e. The van der Waals surface area contributed by atoms with Crippen molar-refractivity contribution >= 4 is 45.2 Å². The van der Waals surface area contributed by atoms with Crippen LogP contribution in [0.25, 0.3) is 21.8 Å². The van der Waals surface area contributed by atoms with Gasteiger partial charge in [-0.25, -0.2) is 14.2 Å². The van der Waals surface area contributed by atoms with Crippen molar-refractivity contribution in [1.82, 2.24) is 24.6 Å². The second kappa shape index (κ2) is 10.7. The number of anilines is 2. The van der Waals surface area contributed by atoms with Gasteiger partial charge in [-0.2, -0.15) is 10.1 Å². The molecule has 2 aromatic carbocycles. The average molecular weight is 590 g/mol. The fourth-order valence-corrected chi connectivity index (χ4v) is 5.62. The second-order valence-corrected chi connectivity index (χ2v) is 12.5. The fourth-order valence-electron chi connectivity index (χ4n) is 5.62. The second-order valence-electron chi connectivity index (χ2n) is 12.5. The van der Waals surface area contributed by atoms with Crippen LogP contribution in [0.5, 0.6) is 6.01 Å². The Bertz CT molecular complexity index is 1720. The van der Waals surface area contributed by atoms with Gasteiger partial charge in [0.1, 0.15) is 17.2 Å². The predicted octanol–water partition coefficient (Wildman–Crippen LogP) is 5.28. The molecular formula is C31H36FN7O4. The van der Waals surface area contributed by atoms with Gasteiger partial charge in [-0.05, 0) is 71.7 Å². The fraction of sp³-hybridized carbons (Fsp3) is 0.452. The van der Waals surface area contributed by atoms with Gasteiger partial charge >= 0.3 is 12.1 Å². The molecule has 0 unspecified atom stereocenters. The molecule has 43 heavy (non-hydrogen) atoms. The molecule has 1 aliphatic carbocycles. The highest BCUT2D eigenvalue weighted by molar-refractivity contribution is 6.14. The van der Waals surface area contributed by atoms with Crippen LogP contribution in [0.2, 0.25) is 0 Å². The third-order valence-electron chi connectivity index (χ3n) is 7.55. The summed E-state index contributed by atoms with van der Waals surface area (Å²) in [7, 11) is 1.71. The number of piperazine rings is 1. The standard InChI is InChI=1S/C31H36FN7O4/c1-17-14-38(15-18(2)39(17)30(41)43-31(3,4)5)25-10-9-22(27-23(25)13-33-29(35-27)42-21-7-8-21)28(40)34-20-11-19-16-37(6)36-26(19)24(32)12-20/h9-13,16-18,21H,7-8,14-15H2,1-6H3,(H,34,40)/t17-,18+. The minimum atomic E-state index is -0.590. The van der Waals surface area contributed by atoms with Gasteiger partial charge in [0.15, 0.2) is 5.82 Å². The van der Waals surface area contributed by atoms with Crippen LogP contribution in [-0.2, 0) is 11.8 Å². The summed E-state index contributed by atoms with van der Waals surface area (Å²) < 4.78 is 27.8. The molecule has 1 N–H and O–H groups in total. The van der Waals surface area contributed by atoms with E-state index in [0.29, 0.717) is 40.6 Å². The molecule has 2 fully saturated rings. The van der Waals surface area contributed by atoms with Crippen LogP contribution < -0.4 is 15.0 Å². The summed E-state index contributed by atoms with van der Waals surface area (Å²) in [5.41, 5.74) is 1.54. The topological polar surface area (TPSA) is 115 Å². The van der Waals surface area contributed by atoms with Crippen LogP contribution in [0.15, 0.2) is 36.7 Å². The summed E-state index contributed by atoms with van der Waals surface area (Å²) in [6, 6.07) is 6.47. The van der Waals surface area contributed by atoms with Crippen LogP contribution in [0.1, 0.15) is 57.8 Å². The van der Waals surface area contributed by atoms with Crippen molar-refractivity contribution in [3.63, 3.8) is 0 Å². The summed E-state index contributed by atoms with van der Waals surface area (Å²) in [6.07, 6.45) is 4.99. The van der Waals surface area contributed by atoms with Crippen molar-refractivity contribution < 1.29 is 23.5 Å². The molecule has 12 heteroatoms. The van der Waals surface area contributed by atoms with Gasteiger partial charge in [0.05, 0.1) is 23.2 Å². The van der Waals surface area contributed by atoms with Gasteiger partial charge in [0.25, 0.3) is 5.91 Å². The number of benzene rings is 2. The van der Waals surface area contributed by atoms with Crippen LogP contribution >= 0.6 is 0 Å². The van der Waals surface area contributed by atoms with E-state index in [2.05, 4.69) is 25.3 Å². The first-order valence-electron chi connectivity index (χ1n) is 14.5. The molecule has 3 heterocycles. The quantitative estimate of drug-likeness (QED) is 0.334. The summed E-state index contributed by atoms with van der Waals surface area (Å²) >= 11 is 0. The highest BCUT2D eigenvalue weighted by Gasteiger charge is 2.36. The lowest BCUT2D eigenvalue weighted by Gasteiger charge is -2.45. The first-order valence-corrected chi connectivity index (χ1v) is 14.5. The Morgan fingerprint density at radius 1 is 1.07 bits per heavy atom. The first kappa shape index (κ1) is 28.6. The molecule has 1 saturated carbocycles. The summed E-state index contributed by atoms with van der Waals surface area (Å²) in [4.78, 5) is 39.7. The molecule has 0 radical (unpaired) electrons.